The number of halogens is 1. The Labute approximate surface area is 116 Å². The van der Waals surface area contributed by atoms with Crippen LogP contribution >= 0.6 is 15.9 Å². The van der Waals surface area contributed by atoms with Crippen LogP contribution in [0.3, 0.4) is 0 Å². The molecule has 2 unspecified atom stereocenters. The van der Waals surface area contributed by atoms with Gasteiger partial charge in [-0.2, -0.15) is 0 Å². The average Bonchev–Trinajstić information content (AvgIpc) is 3.13. The predicted octanol–water partition coefficient (Wildman–Crippen LogP) is 3.61. The number of benzene rings is 1. The molecule has 3 nitrogen and oxygen atoms in total. The van der Waals surface area contributed by atoms with Crippen LogP contribution in [0.5, 0.6) is 0 Å². The molecule has 0 radical (unpaired) electrons. The van der Waals surface area contributed by atoms with Gasteiger partial charge in [-0.05, 0) is 50.3 Å². The Morgan fingerprint density at radius 3 is 2.39 bits per heavy atom. The molecule has 1 saturated carbocycles. The largest absolute Gasteiger partial charge is 0.335 e. The van der Waals surface area contributed by atoms with E-state index in [9.17, 15) is 4.79 Å². The molecule has 1 aromatic carbocycles. The molecule has 1 aliphatic carbocycles. The molecular weight excluding hydrogens is 292 g/mol. The normalized spacial score (nSPS) is 17.9. The second-order valence-corrected chi connectivity index (χ2v) is 5.93. The molecule has 2 atom stereocenters. The Hall–Kier alpha value is -1.03. The fourth-order valence-electron chi connectivity index (χ4n) is 1.99. The molecule has 2 rings (SSSR count). The molecular formula is C14H19BrN2O. The van der Waals surface area contributed by atoms with Crippen LogP contribution in [0.2, 0.25) is 0 Å². The minimum absolute atomic E-state index is 0.0181. The monoisotopic (exact) mass is 310 g/mol. The summed E-state index contributed by atoms with van der Waals surface area (Å²) in [7, 11) is 0. The highest BCUT2D eigenvalue weighted by Crippen LogP contribution is 2.32. The third kappa shape index (κ3) is 3.73. The lowest BCUT2D eigenvalue weighted by atomic mass is 10.1. The van der Waals surface area contributed by atoms with E-state index in [4.69, 9.17) is 0 Å². The summed E-state index contributed by atoms with van der Waals surface area (Å²) in [6.45, 7) is 4.06. The first kappa shape index (κ1) is 13.4. The maximum Gasteiger partial charge on any atom is 0.315 e. The molecule has 98 valence electrons. The van der Waals surface area contributed by atoms with Crippen molar-refractivity contribution in [1.29, 1.82) is 0 Å². The lowest BCUT2D eigenvalue weighted by molar-refractivity contribution is 0.233. The van der Waals surface area contributed by atoms with Gasteiger partial charge < -0.3 is 10.6 Å². The Morgan fingerprint density at radius 2 is 1.83 bits per heavy atom. The zero-order chi connectivity index (χ0) is 13.1. The fourth-order valence-corrected chi connectivity index (χ4v) is 2.26. The first-order valence-corrected chi connectivity index (χ1v) is 7.18. The molecule has 2 N–H and O–H groups in total. The Bertz CT molecular complexity index is 414. The molecule has 18 heavy (non-hydrogen) atoms. The molecule has 1 aliphatic rings. The summed E-state index contributed by atoms with van der Waals surface area (Å²) >= 11 is 3.40. The first-order chi connectivity index (χ1) is 8.56. The van der Waals surface area contributed by atoms with E-state index in [1.54, 1.807) is 0 Å². The van der Waals surface area contributed by atoms with E-state index in [2.05, 4.69) is 33.5 Å². The van der Waals surface area contributed by atoms with Gasteiger partial charge >= 0.3 is 6.03 Å². The second-order valence-electron chi connectivity index (χ2n) is 5.02. The molecule has 1 aromatic rings. The van der Waals surface area contributed by atoms with Crippen LogP contribution in [0.1, 0.15) is 38.3 Å². The number of hydrogen-bond donors (Lipinski definition) is 2. The highest BCUT2D eigenvalue weighted by atomic mass is 79.9. The minimum atomic E-state index is -0.0789. The predicted molar refractivity (Wildman–Crippen MR) is 76.4 cm³/mol. The standard InChI is InChI=1S/C14H19BrN2O/c1-9(11-3-4-11)16-14(18)17-10(2)12-5-7-13(15)8-6-12/h5-11H,3-4H2,1-2H3,(H2,16,17,18). The van der Waals surface area contributed by atoms with E-state index in [1.165, 1.54) is 12.8 Å². The van der Waals surface area contributed by atoms with Crippen molar-refractivity contribution >= 4 is 22.0 Å². The molecule has 2 amide bonds. The summed E-state index contributed by atoms with van der Waals surface area (Å²) in [5.74, 6) is 0.679. The van der Waals surface area contributed by atoms with Gasteiger partial charge in [-0.1, -0.05) is 28.1 Å². The zero-order valence-electron chi connectivity index (χ0n) is 10.7. The van der Waals surface area contributed by atoms with Gasteiger partial charge in [0.2, 0.25) is 0 Å². The topological polar surface area (TPSA) is 41.1 Å². The summed E-state index contributed by atoms with van der Waals surface area (Å²) in [5.41, 5.74) is 1.10. The quantitative estimate of drug-likeness (QED) is 0.876. The van der Waals surface area contributed by atoms with Crippen molar-refractivity contribution in [3.8, 4) is 0 Å². The molecule has 0 spiro atoms. The smallest absolute Gasteiger partial charge is 0.315 e. The van der Waals surface area contributed by atoms with Crippen molar-refractivity contribution in [3.05, 3.63) is 34.3 Å². The van der Waals surface area contributed by atoms with Crippen LogP contribution in [0, 0.1) is 5.92 Å². The van der Waals surface area contributed by atoms with Crippen molar-refractivity contribution < 1.29 is 4.79 Å². The Kier molecular flexibility index (Phi) is 4.27. The third-order valence-electron chi connectivity index (χ3n) is 3.41. The van der Waals surface area contributed by atoms with Gasteiger partial charge in [0.05, 0.1) is 6.04 Å². The van der Waals surface area contributed by atoms with Gasteiger partial charge in [0.15, 0.2) is 0 Å². The second kappa shape index (κ2) is 5.74. The van der Waals surface area contributed by atoms with Crippen LogP contribution in [0.15, 0.2) is 28.7 Å². The SMILES string of the molecule is CC(NC(=O)NC(C)C1CC1)c1ccc(Br)cc1. The summed E-state index contributed by atoms with van der Waals surface area (Å²) in [5, 5.41) is 5.96. The highest BCUT2D eigenvalue weighted by Gasteiger charge is 2.29. The van der Waals surface area contributed by atoms with E-state index in [0.29, 0.717) is 5.92 Å². The van der Waals surface area contributed by atoms with E-state index in [-0.39, 0.29) is 18.1 Å². The molecule has 0 heterocycles. The minimum Gasteiger partial charge on any atom is -0.335 e. The molecule has 1 fully saturated rings. The van der Waals surface area contributed by atoms with Crippen molar-refractivity contribution in [3.63, 3.8) is 0 Å². The van der Waals surface area contributed by atoms with Crippen molar-refractivity contribution in [2.45, 2.75) is 38.8 Å². The summed E-state index contributed by atoms with van der Waals surface area (Å²) in [6, 6.07) is 8.21. The van der Waals surface area contributed by atoms with Crippen LogP contribution in [-0.4, -0.2) is 12.1 Å². The molecule has 4 heteroatoms. The summed E-state index contributed by atoms with van der Waals surface area (Å²) < 4.78 is 1.05. The molecule has 0 saturated heterocycles. The lowest BCUT2D eigenvalue weighted by Crippen LogP contribution is -2.42. The van der Waals surface area contributed by atoms with Crippen LogP contribution in [0.25, 0.3) is 0 Å². The zero-order valence-corrected chi connectivity index (χ0v) is 12.3. The first-order valence-electron chi connectivity index (χ1n) is 6.39. The van der Waals surface area contributed by atoms with E-state index >= 15 is 0 Å². The van der Waals surface area contributed by atoms with Gasteiger partial charge in [0, 0.05) is 10.5 Å². The number of carbonyl (C=O) groups is 1. The number of carbonyl (C=O) groups excluding carboxylic acids is 1. The number of urea groups is 1. The van der Waals surface area contributed by atoms with Crippen LogP contribution in [0.4, 0.5) is 4.79 Å². The number of nitrogens with one attached hydrogen (secondary N) is 2. The molecule has 0 aromatic heterocycles. The highest BCUT2D eigenvalue weighted by molar-refractivity contribution is 9.10. The maximum absolute atomic E-state index is 11.8. The number of amides is 2. The lowest BCUT2D eigenvalue weighted by Gasteiger charge is -2.18. The van der Waals surface area contributed by atoms with E-state index in [1.807, 2.05) is 31.2 Å². The van der Waals surface area contributed by atoms with Crippen molar-refractivity contribution in [2.24, 2.45) is 5.92 Å². The van der Waals surface area contributed by atoms with Crippen molar-refractivity contribution in [2.75, 3.05) is 0 Å². The van der Waals surface area contributed by atoms with Crippen LogP contribution in [-0.2, 0) is 0 Å². The van der Waals surface area contributed by atoms with Gasteiger partial charge in [0.1, 0.15) is 0 Å². The van der Waals surface area contributed by atoms with Gasteiger partial charge in [-0.15, -0.1) is 0 Å². The van der Waals surface area contributed by atoms with Gasteiger partial charge in [-0.3, -0.25) is 0 Å². The maximum atomic E-state index is 11.8. The summed E-state index contributed by atoms with van der Waals surface area (Å²) in [4.78, 5) is 11.8. The summed E-state index contributed by atoms with van der Waals surface area (Å²) in [6.07, 6.45) is 2.48. The fraction of sp³-hybridized carbons (Fsp3) is 0.500. The molecule has 0 aliphatic heterocycles. The van der Waals surface area contributed by atoms with E-state index < -0.39 is 0 Å². The van der Waals surface area contributed by atoms with Crippen molar-refractivity contribution in [1.82, 2.24) is 10.6 Å². The number of hydrogen-bond acceptors (Lipinski definition) is 1. The number of rotatable bonds is 4. The van der Waals surface area contributed by atoms with Crippen LogP contribution < -0.4 is 10.6 Å². The van der Waals surface area contributed by atoms with Gasteiger partial charge in [0.25, 0.3) is 0 Å². The van der Waals surface area contributed by atoms with E-state index in [0.717, 1.165) is 10.0 Å². The average molecular weight is 311 g/mol. The molecule has 0 bridgehead atoms. The third-order valence-corrected chi connectivity index (χ3v) is 3.93. The Morgan fingerprint density at radius 1 is 1.22 bits per heavy atom. The Balaban J connectivity index is 1.84. The van der Waals surface area contributed by atoms with Gasteiger partial charge in [-0.25, -0.2) is 4.79 Å².